The molecule has 1 aliphatic rings. The Balaban J connectivity index is 1.59. The number of hydrogen-bond donors (Lipinski definition) is 2. The van der Waals surface area contributed by atoms with Crippen molar-refractivity contribution < 1.29 is 9.84 Å². The highest BCUT2D eigenvalue weighted by molar-refractivity contribution is 5.28. The third-order valence-corrected chi connectivity index (χ3v) is 5.37. The van der Waals surface area contributed by atoms with Crippen molar-refractivity contribution in [3.63, 3.8) is 0 Å². The van der Waals surface area contributed by atoms with E-state index in [-0.39, 0.29) is 6.61 Å². The standard InChI is InChI=1S/C22H34N4O2/c1-17(2)11-19-13-20(24-23-19)15-25-8-9-26(21(16-25)7-10-27)14-18-5-4-6-22(12-18)28-3/h4-6,12-13,17,21,27H,7-11,14-16H2,1-3H3,(H,23,24)/t21-/m1/s1. The summed E-state index contributed by atoms with van der Waals surface area (Å²) in [6.07, 6.45) is 1.81. The predicted octanol–water partition coefficient (Wildman–Crippen LogP) is 2.69. The van der Waals surface area contributed by atoms with Crippen molar-refractivity contribution in [3.8, 4) is 5.75 Å². The molecule has 1 aromatic carbocycles. The molecule has 0 unspecified atom stereocenters. The molecule has 0 saturated carbocycles. The lowest BCUT2D eigenvalue weighted by atomic mass is 10.1. The Labute approximate surface area is 168 Å². The molecule has 2 aromatic rings. The van der Waals surface area contributed by atoms with Crippen LogP contribution in [0.5, 0.6) is 5.75 Å². The molecule has 6 nitrogen and oxygen atoms in total. The fourth-order valence-electron chi connectivity index (χ4n) is 3.99. The Morgan fingerprint density at radius 1 is 1.25 bits per heavy atom. The molecule has 28 heavy (non-hydrogen) atoms. The van der Waals surface area contributed by atoms with Crippen LogP contribution in [0.15, 0.2) is 30.3 Å². The fourth-order valence-corrected chi connectivity index (χ4v) is 3.99. The topological polar surface area (TPSA) is 64.6 Å². The maximum Gasteiger partial charge on any atom is 0.119 e. The molecule has 1 atom stereocenters. The summed E-state index contributed by atoms with van der Waals surface area (Å²) < 4.78 is 5.35. The monoisotopic (exact) mass is 386 g/mol. The van der Waals surface area contributed by atoms with Crippen LogP contribution >= 0.6 is 0 Å². The normalized spacial score (nSPS) is 18.7. The quantitative estimate of drug-likeness (QED) is 0.694. The lowest BCUT2D eigenvalue weighted by molar-refractivity contribution is 0.0493. The zero-order valence-corrected chi connectivity index (χ0v) is 17.4. The van der Waals surface area contributed by atoms with Crippen LogP contribution in [0.2, 0.25) is 0 Å². The first-order valence-corrected chi connectivity index (χ1v) is 10.3. The molecule has 1 aliphatic heterocycles. The summed E-state index contributed by atoms with van der Waals surface area (Å²) in [5, 5.41) is 17.2. The van der Waals surface area contributed by atoms with E-state index in [4.69, 9.17) is 4.74 Å². The van der Waals surface area contributed by atoms with Crippen LogP contribution in [-0.2, 0) is 19.5 Å². The van der Waals surface area contributed by atoms with E-state index in [0.717, 1.165) is 57.0 Å². The summed E-state index contributed by atoms with van der Waals surface area (Å²) in [7, 11) is 1.70. The van der Waals surface area contributed by atoms with E-state index in [1.165, 1.54) is 11.3 Å². The van der Waals surface area contributed by atoms with Crippen LogP contribution in [-0.4, -0.2) is 64.5 Å². The van der Waals surface area contributed by atoms with E-state index >= 15 is 0 Å². The minimum atomic E-state index is 0.218. The number of aliphatic hydroxyl groups excluding tert-OH is 1. The molecular weight excluding hydrogens is 352 g/mol. The number of ether oxygens (including phenoxy) is 1. The van der Waals surface area contributed by atoms with Gasteiger partial charge in [-0.2, -0.15) is 5.10 Å². The molecule has 3 rings (SSSR count). The van der Waals surface area contributed by atoms with Gasteiger partial charge < -0.3 is 9.84 Å². The van der Waals surface area contributed by atoms with Gasteiger partial charge in [-0.25, -0.2) is 0 Å². The molecule has 2 heterocycles. The number of nitrogens with zero attached hydrogens (tertiary/aromatic N) is 3. The highest BCUT2D eigenvalue weighted by Crippen LogP contribution is 2.20. The second-order valence-electron chi connectivity index (χ2n) is 8.21. The number of methoxy groups -OCH3 is 1. The lowest BCUT2D eigenvalue weighted by Crippen LogP contribution is -2.52. The molecule has 0 bridgehead atoms. The number of piperazine rings is 1. The van der Waals surface area contributed by atoms with Gasteiger partial charge in [-0.1, -0.05) is 26.0 Å². The van der Waals surface area contributed by atoms with Crippen LogP contribution in [0.4, 0.5) is 0 Å². The van der Waals surface area contributed by atoms with Gasteiger partial charge >= 0.3 is 0 Å². The number of hydrogen-bond acceptors (Lipinski definition) is 5. The second-order valence-corrected chi connectivity index (χ2v) is 8.21. The molecular formula is C22H34N4O2. The van der Waals surface area contributed by atoms with Gasteiger partial charge in [-0.3, -0.25) is 14.9 Å². The van der Waals surface area contributed by atoms with Gasteiger partial charge in [-0.05, 0) is 42.5 Å². The Bertz CT molecular complexity index is 731. The maximum atomic E-state index is 9.57. The van der Waals surface area contributed by atoms with E-state index in [1.807, 2.05) is 12.1 Å². The van der Waals surface area contributed by atoms with Crippen LogP contribution in [0.25, 0.3) is 0 Å². The van der Waals surface area contributed by atoms with E-state index < -0.39 is 0 Å². The number of nitrogens with one attached hydrogen (secondary N) is 1. The van der Waals surface area contributed by atoms with Gasteiger partial charge in [0, 0.05) is 51.1 Å². The van der Waals surface area contributed by atoms with Crippen molar-refractivity contribution in [2.75, 3.05) is 33.4 Å². The van der Waals surface area contributed by atoms with Gasteiger partial charge in [0.2, 0.25) is 0 Å². The highest BCUT2D eigenvalue weighted by Gasteiger charge is 2.27. The summed E-state index contributed by atoms with van der Waals surface area (Å²) in [5.74, 6) is 1.51. The first-order valence-electron chi connectivity index (χ1n) is 10.3. The van der Waals surface area contributed by atoms with Crippen molar-refractivity contribution >= 4 is 0 Å². The molecule has 1 aromatic heterocycles. The summed E-state index contributed by atoms with van der Waals surface area (Å²) in [5.41, 5.74) is 3.58. The van der Waals surface area contributed by atoms with Crippen LogP contribution < -0.4 is 4.74 Å². The van der Waals surface area contributed by atoms with Crippen molar-refractivity contribution in [1.82, 2.24) is 20.0 Å². The minimum Gasteiger partial charge on any atom is -0.497 e. The number of H-pyrrole nitrogens is 1. The number of rotatable bonds is 9. The Morgan fingerprint density at radius 3 is 2.86 bits per heavy atom. The Kier molecular flexibility index (Phi) is 7.48. The first-order chi connectivity index (χ1) is 13.6. The molecule has 154 valence electrons. The summed E-state index contributed by atoms with van der Waals surface area (Å²) in [6.45, 7) is 9.40. The molecule has 1 saturated heterocycles. The van der Waals surface area contributed by atoms with Gasteiger partial charge in [0.15, 0.2) is 0 Å². The average molecular weight is 387 g/mol. The number of aromatic nitrogens is 2. The van der Waals surface area contributed by atoms with Crippen LogP contribution in [0.3, 0.4) is 0 Å². The Morgan fingerprint density at radius 2 is 2.11 bits per heavy atom. The maximum absolute atomic E-state index is 9.57. The highest BCUT2D eigenvalue weighted by atomic mass is 16.5. The Hall–Kier alpha value is -1.89. The summed E-state index contributed by atoms with van der Waals surface area (Å²) in [4.78, 5) is 4.95. The smallest absolute Gasteiger partial charge is 0.119 e. The molecule has 2 N–H and O–H groups in total. The largest absolute Gasteiger partial charge is 0.497 e. The zero-order chi connectivity index (χ0) is 19.9. The lowest BCUT2D eigenvalue weighted by Gasteiger charge is -2.41. The van der Waals surface area contributed by atoms with Gasteiger partial charge in [-0.15, -0.1) is 0 Å². The summed E-state index contributed by atoms with van der Waals surface area (Å²) >= 11 is 0. The number of aliphatic hydroxyl groups is 1. The molecule has 0 aliphatic carbocycles. The van der Waals surface area contributed by atoms with Crippen molar-refractivity contribution in [2.45, 2.75) is 45.8 Å². The minimum absolute atomic E-state index is 0.218. The van der Waals surface area contributed by atoms with E-state index in [1.54, 1.807) is 7.11 Å². The van der Waals surface area contributed by atoms with Crippen molar-refractivity contribution in [1.29, 1.82) is 0 Å². The molecule has 1 fully saturated rings. The molecule has 0 spiro atoms. The first kappa shape index (κ1) is 20.8. The number of benzene rings is 1. The fraction of sp³-hybridized carbons (Fsp3) is 0.591. The molecule has 0 radical (unpaired) electrons. The van der Waals surface area contributed by atoms with E-state index in [0.29, 0.717) is 12.0 Å². The van der Waals surface area contributed by atoms with Crippen LogP contribution in [0.1, 0.15) is 37.2 Å². The van der Waals surface area contributed by atoms with Crippen molar-refractivity contribution in [3.05, 3.63) is 47.3 Å². The second kappa shape index (κ2) is 10.0. The van der Waals surface area contributed by atoms with Gasteiger partial charge in [0.25, 0.3) is 0 Å². The van der Waals surface area contributed by atoms with Crippen LogP contribution in [0, 0.1) is 5.92 Å². The average Bonchev–Trinajstić information content (AvgIpc) is 3.10. The number of aromatic amines is 1. The third kappa shape index (κ3) is 5.80. The van der Waals surface area contributed by atoms with Gasteiger partial charge in [0.1, 0.15) is 5.75 Å². The van der Waals surface area contributed by atoms with E-state index in [2.05, 4.69) is 52.0 Å². The van der Waals surface area contributed by atoms with Gasteiger partial charge in [0.05, 0.1) is 12.8 Å². The SMILES string of the molecule is COc1cccc(CN2CCN(Cc3cc(CC(C)C)n[nH]3)C[C@H]2CCO)c1. The third-order valence-electron chi connectivity index (χ3n) is 5.37. The predicted molar refractivity (Wildman–Crippen MR) is 111 cm³/mol. The molecule has 0 amide bonds. The van der Waals surface area contributed by atoms with Crippen molar-refractivity contribution in [2.24, 2.45) is 5.92 Å². The molecule has 6 heteroatoms. The zero-order valence-electron chi connectivity index (χ0n) is 17.4. The summed E-state index contributed by atoms with van der Waals surface area (Å²) in [6, 6.07) is 10.8. The van der Waals surface area contributed by atoms with E-state index in [9.17, 15) is 5.11 Å².